The average Bonchev–Trinajstić information content (AvgIpc) is 3.49. The number of rotatable bonds is 12. The van der Waals surface area contributed by atoms with E-state index in [4.69, 9.17) is 0 Å². The van der Waals surface area contributed by atoms with Crippen LogP contribution in [-0.4, -0.2) is 48.7 Å². The third-order valence-electron chi connectivity index (χ3n) is 7.48. The molecule has 3 aromatic carbocycles. The van der Waals surface area contributed by atoms with E-state index in [9.17, 15) is 28.1 Å². The first-order valence-electron chi connectivity index (χ1n) is 14.1. The van der Waals surface area contributed by atoms with Crippen molar-refractivity contribution in [3.05, 3.63) is 100 Å². The second kappa shape index (κ2) is 13.6. The maximum Gasteiger partial charge on any atom is 0.269 e. The van der Waals surface area contributed by atoms with E-state index >= 15 is 0 Å². The highest BCUT2D eigenvalue weighted by atomic mass is 32.2. The molecule has 0 bridgehead atoms. The summed E-state index contributed by atoms with van der Waals surface area (Å²) in [5.74, 6) is -0.832. The average molecular weight is 593 g/mol. The van der Waals surface area contributed by atoms with Crippen molar-refractivity contribution in [1.29, 1.82) is 0 Å². The number of carbonyl (C=O) groups is 2. The Morgan fingerprint density at radius 2 is 1.67 bits per heavy atom. The van der Waals surface area contributed by atoms with Crippen molar-refractivity contribution in [3.8, 4) is 0 Å². The number of non-ortho nitro benzene ring substituents is 1. The Balaban J connectivity index is 1.72. The summed E-state index contributed by atoms with van der Waals surface area (Å²) in [5.41, 5.74) is 1.68. The third kappa shape index (κ3) is 7.33. The SMILES string of the molecule is CC[C@@H](C(=O)NC1CCCC1)N(Cc1cccc(C)c1)C(=O)CN(c1ccc([N+](=O)[O-])cc1)S(=O)(=O)c1ccccc1. The van der Waals surface area contributed by atoms with Crippen molar-refractivity contribution in [2.75, 3.05) is 10.8 Å². The molecule has 4 rings (SSSR count). The van der Waals surface area contributed by atoms with Gasteiger partial charge in [0.25, 0.3) is 15.7 Å². The Morgan fingerprint density at radius 3 is 2.26 bits per heavy atom. The van der Waals surface area contributed by atoms with Gasteiger partial charge in [-0.3, -0.25) is 24.0 Å². The van der Waals surface area contributed by atoms with Crippen molar-refractivity contribution >= 4 is 33.2 Å². The molecule has 0 aromatic heterocycles. The second-order valence-corrected chi connectivity index (χ2v) is 12.4. The summed E-state index contributed by atoms with van der Waals surface area (Å²) in [7, 11) is -4.25. The first-order valence-corrected chi connectivity index (χ1v) is 15.5. The van der Waals surface area contributed by atoms with E-state index in [0.29, 0.717) is 6.42 Å². The van der Waals surface area contributed by atoms with Gasteiger partial charge in [0.1, 0.15) is 12.6 Å². The van der Waals surface area contributed by atoms with E-state index in [-0.39, 0.29) is 34.8 Å². The molecular formula is C31H36N4O6S. The number of carbonyl (C=O) groups excluding carboxylic acids is 2. The highest BCUT2D eigenvalue weighted by Gasteiger charge is 2.34. The predicted molar refractivity (Wildman–Crippen MR) is 160 cm³/mol. The van der Waals surface area contributed by atoms with Gasteiger partial charge >= 0.3 is 0 Å². The summed E-state index contributed by atoms with van der Waals surface area (Å²) in [4.78, 5) is 39.7. The van der Waals surface area contributed by atoms with E-state index in [2.05, 4.69) is 5.32 Å². The number of sulfonamides is 1. The molecule has 0 aliphatic heterocycles. The molecule has 222 valence electrons. The molecular weight excluding hydrogens is 556 g/mol. The van der Waals surface area contributed by atoms with Gasteiger partial charge in [0.15, 0.2) is 0 Å². The molecule has 1 fully saturated rings. The van der Waals surface area contributed by atoms with Gasteiger partial charge in [0, 0.05) is 24.7 Å². The standard InChI is InChI=1S/C31H36N4O6S/c1-3-29(31(37)32-25-12-7-8-13-25)33(21-24-11-9-10-23(2)20-24)30(36)22-34(26-16-18-27(19-17-26)35(38)39)42(40,41)28-14-5-4-6-15-28/h4-6,9-11,14-20,25,29H,3,7-8,12-13,21-22H2,1-2H3,(H,32,37)/t29-/m0/s1. The van der Waals surface area contributed by atoms with Crippen LogP contribution in [0.1, 0.15) is 50.2 Å². The van der Waals surface area contributed by atoms with Gasteiger partial charge in [-0.05, 0) is 56.0 Å². The highest BCUT2D eigenvalue weighted by molar-refractivity contribution is 7.92. The van der Waals surface area contributed by atoms with E-state index < -0.39 is 33.4 Å². The Bertz CT molecular complexity index is 1510. The molecule has 11 heteroatoms. The van der Waals surface area contributed by atoms with Crippen molar-refractivity contribution in [2.45, 2.75) is 69.5 Å². The number of anilines is 1. The monoisotopic (exact) mass is 592 g/mol. The largest absolute Gasteiger partial charge is 0.352 e. The zero-order valence-electron chi connectivity index (χ0n) is 23.8. The van der Waals surface area contributed by atoms with Crippen LogP contribution in [0.4, 0.5) is 11.4 Å². The molecule has 0 heterocycles. The summed E-state index contributed by atoms with van der Waals surface area (Å²) >= 11 is 0. The van der Waals surface area contributed by atoms with Gasteiger partial charge in [-0.1, -0.05) is 67.8 Å². The minimum absolute atomic E-state index is 0.0348. The Morgan fingerprint density at radius 1 is 1.00 bits per heavy atom. The highest BCUT2D eigenvalue weighted by Crippen LogP contribution is 2.27. The predicted octanol–water partition coefficient (Wildman–Crippen LogP) is 4.96. The van der Waals surface area contributed by atoms with Crippen molar-refractivity contribution < 1.29 is 22.9 Å². The van der Waals surface area contributed by atoms with Crippen LogP contribution in [0, 0.1) is 17.0 Å². The molecule has 0 unspecified atom stereocenters. The molecule has 3 aromatic rings. The molecule has 1 saturated carbocycles. The van der Waals surface area contributed by atoms with Gasteiger partial charge in [-0.15, -0.1) is 0 Å². The van der Waals surface area contributed by atoms with Crippen LogP contribution < -0.4 is 9.62 Å². The maximum absolute atomic E-state index is 14.1. The van der Waals surface area contributed by atoms with E-state index in [0.717, 1.165) is 41.1 Å². The number of nitrogens with zero attached hydrogens (tertiary/aromatic N) is 3. The smallest absolute Gasteiger partial charge is 0.269 e. The number of hydrogen-bond donors (Lipinski definition) is 1. The molecule has 42 heavy (non-hydrogen) atoms. The third-order valence-corrected chi connectivity index (χ3v) is 9.27. The topological polar surface area (TPSA) is 130 Å². The van der Waals surface area contributed by atoms with Gasteiger partial charge < -0.3 is 10.2 Å². The van der Waals surface area contributed by atoms with E-state index in [1.807, 2.05) is 38.1 Å². The first-order chi connectivity index (χ1) is 20.1. The molecule has 1 N–H and O–H groups in total. The molecule has 0 saturated heterocycles. The van der Waals surface area contributed by atoms with Crippen LogP contribution in [0.25, 0.3) is 0 Å². The second-order valence-electron chi connectivity index (χ2n) is 10.5. The number of nitro groups is 1. The van der Waals surface area contributed by atoms with Gasteiger partial charge in [-0.25, -0.2) is 8.42 Å². The Kier molecular flexibility index (Phi) is 9.95. The lowest BCUT2D eigenvalue weighted by Gasteiger charge is -2.33. The fourth-order valence-corrected chi connectivity index (χ4v) is 6.72. The van der Waals surface area contributed by atoms with Crippen LogP contribution in [0.5, 0.6) is 0 Å². The zero-order chi connectivity index (χ0) is 30.3. The number of benzene rings is 3. The lowest BCUT2D eigenvalue weighted by Crippen LogP contribution is -2.53. The molecule has 10 nitrogen and oxygen atoms in total. The lowest BCUT2D eigenvalue weighted by atomic mass is 10.1. The van der Waals surface area contributed by atoms with Gasteiger partial charge in [-0.2, -0.15) is 0 Å². The fourth-order valence-electron chi connectivity index (χ4n) is 5.28. The van der Waals surface area contributed by atoms with E-state index in [1.54, 1.807) is 18.2 Å². The number of hydrogen-bond acceptors (Lipinski definition) is 6. The van der Waals surface area contributed by atoms with Gasteiger partial charge in [0.2, 0.25) is 11.8 Å². The fraction of sp³-hybridized carbons (Fsp3) is 0.355. The lowest BCUT2D eigenvalue weighted by molar-refractivity contribution is -0.384. The Labute approximate surface area is 246 Å². The van der Waals surface area contributed by atoms with Crippen molar-refractivity contribution in [1.82, 2.24) is 10.2 Å². The number of nitro benzene ring substituents is 1. The maximum atomic E-state index is 14.1. The van der Waals surface area contributed by atoms with Crippen LogP contribution in [0.2, 0.25) is 0 Å². The van der Waals surface area contributed by atoms with Crippen molar-refractivity contribution in [2.24, 2.45) is 0 Å². The van der Waals surface area contributed by atoms with Crippen LogP contribution in [0.3, 0.4) is 0 Å². The molecule has 2 amide bonds. The van der Waals surface area contributed by atoms with Crippen molar-refractivity contribution in [3.63, 3.8) is 0 Å². The number of amides is 2. The minimum atomic E-state index is -4.25. The van der Waals surface area contributed by atoms with E-state index in [1.165, 1.54) is 41.3 Å². The minimum Gasteiger partial charge on any atom is -0.352 e. The summed E-state index contributed by atoms with van der Waals surface area (Å²) in [6.45, 7) is 3.26. The number of nitrogens with one attached hydrogen (secondary N) is 1. The summed E-state index contributed by atoms with van der Waals surface area (Å²) < 4.78 is 28.7. The number of aryl methyl sites for hydroxylation is 1. The molecule has 1 aliphatic rings. The molecule has 0 radical (unpaired) electrons. The zero-order valence-corrected chi connectivity index (χ0v) is 24.6. The molecule has 1 atom stereocenters. The van der Waals surface area contributed by atoms with Crippen LogP contribution in [-0.2, 0) is 26.2 Å². The molecule has 0 spiro atoms. The summed E-state index contributed by atoms with van der Waals surface area (Å²) in [6.07, 6.45) is 4.18. The van der Waals surface area contributed by atoms with Gasteiger partial charge in [0.05, 0.1) is 15.5 Å². The first kappa shape index (κ1) is 30.7. The van der Waals surface area contributed by atoms with Crippen LogP contribution >= 0.6 is 0 Å². The quantitative estimate of drug-likeness (QED) is 0.234. The Hall–Kier alpha value is -4.25. The molecule has 1 aliphatic carbocycles. The normalized spacial score (nSPS) is 14.2. The summed E-state index contributed by atoms with van der Waals surface area (Å²) in [6, 6.07) is 19.5. The summed E-state index contributed by atoms with van der Waals surface area (Å²) in [5, 5.41) is 14.3. The van der Waals surface area contributed by atoms with Crippen LogP contribution in [0.15, 0.2) is 83.8 Å².